The first-order valence-corrected chi connectivity index (χ1v) is 12.2. The summed E-state index contributed by atoms with van der Waals surface area (Å²) < 4.78 is 28.2. The van der Waals surface area contributed by atoms with Crippen LogP contribution in [-0.2, 0) is 16.6 Å². The van der Waals surface area contributed by atoms with Gasteiger partial charge in [-0.05, 0) is 41.0 Å². The fourth-order valence-electron chi connectivity index (χ4n) is 3.95. The van der Waals surface area contributed by atoms with Gasteiger partial charge in [-0.2, -0.15) is 0 Å². The van der Waals surface area contributed by atoms with Crippen LogP contribution in [0.4, 0.5) is 5.82 Å². The van der Waals surface area contributed by atoms with Crippen LogP contribution < -0.4 is 14.6 Å². The van der Waals surface area contributed by atoms with E-state index in [2.05, 4.69) is 30.8 Å². The molecule has 3 aromatic heterocycles. The summed E-state index contributed by atoms with van der Waals surface area (Å²) in [4.78, 5) is 20.4. The SMILES string of the molecule is O=C(NCc1ccccc1-n1cnnn1)c1nc(N2CCCCS2(=O)=O)c2ccc[nH+]c2c1O. The Morgan fingerprint density at radius 1 is 1.18 bits per heavy atom. The van der Waals surface area contributed by atoms with E-state index in [-0.39, 0.29) is 41.6 Å². The molecule has 0 atom stereocenters. The molecule has 0 saturated carbocycles. The fourth-order valence-corrected chi connectivity index (χ4v) is 5.55. The predicted molar refractivity (Wildman–Crippen MR) is 121 cm³/mol. The third kappa shape index (κ3) is 3.90. The van der Waals surface area contributed by atoms with Crippen LogP contribution in [0.3, 0.4) is 0 Å². The smallest absolute Gasteiger partial charge is 0.274 e. The number of H-pyrrole nitrogens is 1. The number of pyridine rings is 2. The number of carbonyl (C=O) groups excluding carboxylic acids is 1. The van der Waals surface area contributed by atoms with Crippen molar-refractivity contribution in [1.29, 1.82) is 0 Å². The molecule has 4 aromatic rings. The highest BCUT2D eigenvalue weighted by atomic mass is 32.2. The summed E-state index contributed by atoms with van der Waals surface area (Å²) in [5.41, 5.74) is 1.36. The van der Waals surface area contributed by atoms with E-state index in [0.29, 0.717) is 23.9 Å². The summed E-state index contributed by atoms with van der Waals surface area (Å²) in [5, 5.41) is 25.1. The lowest BCUT2D eigenvalue weighted by molar-refractivity contribution is -0.345. The minimum Gasteiger partial charge on any atom is -0.501 e. The zero-order valence-corrected chi connectivity index (χ0v) is 18.7. The molecule has 0 unspecified atom stereocenters. The maximum Gasteiger partial charge on any atom is 0.274 e. The number of hydrogen-bond donors (Lipinski definition) is 2. The van der Waals surface area contributed by atoms with Crippen LogP contribution >= 0.6 is 0 Å². The van der Waals surface area contributed by atoms with Gasteiger partial charge in [0.2, 0.25) is 15.8 Å². The van der Waals surface area contributed by atoms with Crippen molar-refractivity contribution in [3.05, 3.63) is 60.2 Å². The van der Waals surface area contributed by atoms with Crippen molar-refractivity contribution >= 4 is 32.7 Å². The largest absolute Gasteiger partial charge is 0.501 e. The number of carbonyl (C=O) groups is 1. The first-order chi connectivity index (χ1) is 16.5. The normalized spacial score (nSPS) is 15.4. The van der Waals surface area contributed by atoms with Gasteiger partial charge >= 0.3 is 0 Å². The Hall–Kier alpha value is -4.13. The number of aromatic amines is 1. The number of fused-ring (bicyclic) bond motifs is 1. The van der Waals surface area contributed by atoms with Gasteiger partial charge in [-0.1, -0.05) is 18.2 Å². The average molecular weight is 482 g/mol. The summed E-state index contributed by atoms with van der Waals surface area (Å²) in [5.74, 6) is -0.897. The van der Waals surface area contributed by atoms with Gasteiger partial charge in [-0.3, -0.25) is 9.10 Å². The van der Waals surface area contributed by atoms with Gasteiger partial charge in [-0.15, -0.1) is 5.10 Å². The van der Waals surface area contributed by atoms with Crippen molar-refractivity contribution in [3.8, 4) is 11.4 Å². The average Bonchev–Trinajstić information content (AvgIpc) is 3.38. The van der Waals surface area contributed by atoms with Crippen molar-refractivity contribution in [1.82, 2.24) is 30.5 Å². The van der Waals surface area contributed by atoms with E-state index in [1.54, 1.807) is 24.4 Å². The van der Waals surface area contributed by atoms with Crippen LogP contribution in [0.15, 0.2) is 48.9 Å². The van der Waals surface area contributed by atoms with Gasteiger partial charge in [0.1, 0.15) is 6.33 Å². The molecule has 1 saturated heterocycles. The van der Waals surface area contributed by atoms with Crippen LogP contribution in [-0.4, -0.2) is 56.9 Å². The Labute approximate surface area is 194 Å². The van der Waals surface area contributed by atoms with Crippen LogP contribution in [0.2, 0.25) is 0 Å². The summed E-state index contributed by atoms with van der Waals surface area (Å²) in [6.07, 6.45) is 4.27. The molecule has 13 heteroatoms. The second-order valence-corrected chi connectivity index (χ2v) is 9.77. The quantitative estimate of drug-likeness (QED) is 0.419. The van der Waals surface area contributed by atoms with Crippen LogP contribution in [0.25, 0.3) is 16.6 Å². The van der Waals surface area contributed by atoms with Crippen molar-refractivity contribution in [2.75, 3.05) is 16.6 Å². The van der Waals surface area contributed by atoms with E-state index in [1.165, 1.54) is 15.3 Å². The van der Waals surface area contributed by atoms with E-state index < -0.39 is 15.9 Å². The number of rotatable bonds is 5. The summed E-state index contributed by atoms with van der Waals surface area (Å²) in [6, 6.07) is 10.6. The van der Waals surface area contributed by atoms with Gasteiger partial charge in [0.15, 0.2) is 17.7 Å². The number of sulfonamides is 1. The van der Waals surface area contributed by atoms with Gasteiger partial charge in [0, 0.05) is 19.2 Å². The summed E-state index contributed by atoms with van der Waals surface area (Å²) in [7, 11) is -3.59. The third-order valence-electron chi connectivity index (χ3n) is 5.60. The molecule has 1 aromatic carbocycles. The number of hydrogen-bond acceptors (Lipinski definition) is 8. The monoisotopic (exact) mass is 481 g/mol. The van der Waals surface area contributed by atoms with Crippen LogP contribution in [0.1, 0.15) is 28.9 Å². The maximum absolute atomic E-state index is 13.1. The molecule has 0 aliphatic carbocycles. The Morgan fingerprint density at radius 3 is 2.82 bits per heavy atom. The second-order valence-electron chi connectivity index (χ2n) is 7.75. The fraction of sp³-hybridized carbons (Fsp3) is 0.238. The number of anilines is 1. The van der Waals surface area contributed by atoms with Crippen molar-refractivity contribution in [2.24, 2.45) is 0 Å². The summed E-state index contributed by atoms with van der Waals surface area (Å²) >= 11 is 0. The Morgan fingerprint density at radius 2 is 2.03 bits per heavy atom. The van der Waals surface area contributed by atoms with E-state index >= 15 is 0 Å². The zero-order chi connectivity index (χ0) is 23.7. The van der Waals surface area contributed by atoms with E-state index in [1.807, 2.05) is 18.2 Å². The number of nitrogens with one attached hydrogen (secondary N) is 2. The second kappa shape index (κ2) is 8.67. The van der Waals surface area contributed by atoms with E-state index in [0.717, 1.165) is 5.56 Å². The van der Waals surface area contributed by atoms with Gasteiger partial charge in [-0.25, -0.2) is 23.1 Å². The first-order valence-electron chi connectivity index (χ1n) is 10.6. The molecule has 5 rings (SSSR count). The number of tetrazole rings is 1. The first kappa shape index (κ1) is 21.7. The predicted octanol–water partition coefficient (Wildman–Crippen LogP) is 0.590. The topological polar surface area (TPSA) is 157 Å². The zero-order valence-electron chi connectivity index (χ0n) is 17.9. The minimum absolute atomic E-state index is 0.00303. The number of aromatic hydroxyl groups is 1. The molecule has 1 aliphatic heterocycles. The van der Waals surface area contributed by atoms with E-state index in [9.17, 15) is 18.3 Å². The molecule has 3 N–H and O–H groups in total. The molecule has 0 spiro atoms. The molecule has 1 amide bonds. The highest BCUT2D eigenvalue weighted by Gasteiger charge is 2.32. The van der Waals surface area contributed by atoms with Gasteiger partial charge in [0.05, 0.1) is 16.8 Å². The van der Waals surface area contributed by atoms with Crippen molar-refractivity contribution in [2.45, 2.75) is 19.4 Å². The lowest BCUT2D eigenvalue weighted by Crippen LogP contribution is -2.39. The Balaban J connectivity index is 1.51. The molecule has 4 heterocycles. The molecule has 0 radical (unpaired) electrons. The Bertz CT molecular complexity index is 1470. The maximum atomic E-state index is 13.1. The number of nitrogens with zero attached hydrogens (tertiary/aromatic N) is 6. The molecule has 174 valence electrons. The number of benzene rings is 1. The lowest BCUT2D eigenvalue weighted by Gasteiger charge is -2.28. The minimum atomic E-state index is -3.59. The van der Waals surface area contributed by atoms with Crippen LogP contribution in [0, 0.1) is 0 Å². The highest BCUT2D eigenvalue weighted by Crippen LogP contribution is 2.33. The lowest BCUT2D eigenvalue weighted by atomic mass is 10.1. The van der Waals surface area contributed by atoms with Crippen molar-refractivity contribution < 1.29 is 23.3 Å². The van der Waals surface area contributed by atoms with Crippen molar-refractivity contribution in [3.63, 3.8) is 0 Å². The van der Waals surface area contributed by atoms with Gasteiger partial charge in [0.25, 0.3) is 11.4 Å². The molecule has 12 nitrogen and oxygen atoms in total. The standard InChI is InChI=1S/C21H20N8O4S/c30-19-17-15(7-5-9-22-17)20(29-10-3-4-11-34(29,32)33)25-18(19)21(31)23-12-14-6-1-2-8-16(14)28-13-24-26-27-28/h1-2,5-9,13,30H,3-4,10-12H2,(H,23,31)/p+1. The summed E-state index contributed by atoms with van der Waals surface area (Å²) in [6.45, 7) is 0.356. The highest BCUT2D eigenvalue weighted by molar-refractivity contribution is 7.92. The van der Waals surface area contributed by atoms with Gasteiger partial charge < -0.3 is 10.4 Å². The third-order valence-corrected chi connectivity index (χ3v) is 7.43. The number of aromatic nitrogens is 6. The molecule has 1 fully saturated rings. The molecular formula is C21H21N8O4S+. The molecule has 1 aliphatic rings. The molecule has 0 bridgehead atoms. The van der Waals surface area contributed by atoms with E-state index in [4.69, 9.17) is 0 Å². The molecule has 34 heavy (non-hydrogen) atoms. The number of para-hydroxylation sites is 1. The van der Waals surface area contributed by atoms with Crippen LogP contribution in [0.5, 0.6) is 5.75 Å². The number of amides is 1. The molecular weight excluding hydrogens is 460 g/mol. The Kier molecular flexibility index (Phi) is 5.53.